The van der Waals surface area contributed by atoms with Gasteiger partial charge < -0.3 is 10.3 Å². The van der Waals surface area contributed by atoms with Gasteiger partial charge in [0.25, 0.3) is 5.91 Å². The molecule has 1 aromatic heterocycles. The van der Waals surface area contributed by atoms with Crippen LogP contribution in [0, 0.1) is 5.92 Å². The summed E-state index contributed by atoms with van der Waals surface area (Å²) >= 11 is 0. The molecule has 5 nitrogen and oxygen atoms in total. The highest BCUT2D eigenvalue weighted by Gasteiger charge is 2.20. The van der Waals surface area contributed by atoms with Crippen LogP contribution in [0.4, 0.5) is 5.69 Å². The van der Waals surface area contributed by atoms with Gasteiger partial charge in [-0.25, -0.2) is 0 Å². The van der Waals surface area contributed by atoms with Crippen molar-refractivity contribution < 1.29 is 4.79 Å². The fourth-order valence-corrected chi connectivity index (χ4v) is 1.45. The Morgan fingerprint density at radius 3 is 2.65 bits per heavy atom. The molecular formula is C12H20N4O. The number of nitrogens with zero attached hydrogens (tertiary/aromatic N) is 2. The van der Waals surface area contributed by atoms with E-state index in [-0.39, 0.29) is 11.9 Å². The van der Waals surface area contributed by atoms with E-state index in [0.717, 1.165) is 0 Å². The Bertz CT molecular complexity index is 392. The molecule has 1 unspecified atom stereocenters. The zero-order valence-electron chi connectivity index (χ0n) is 10.8. The van der Waals surface area contributed by atoms with Gasteiger partial charge in [0.15, 0.2) is 0 Å². The van der Waals surface area contributed by atoms with Gasteiger partial charge in [0, 0.05) is 19.3 Å². The monoisotopic (exact) mass is 236 g/mol. The summed E-state index contributed by atoms with van der Waals surface area (Å²) in [5.41, 5.74) is 3.58. The lowest BCUT2D eigenvalue weighted by atomic mass is 10.0. The molecule has 17 heavy (non-hydrogen) atoms. The minimum atomic E-state index is -0.0942. The Kier molecular flexibility index (Phi) is 4.45. The first-order valence-corrected chi connectivity index (χ1v) is 5.67. The number of hydrogen-bond donors (Lipinski definition) is 2. The average Bonchev–Trinajstić information content (AvgIpc) is 2.36. The highest BCUT2D eigenvalue weighted by molar-refractivity contribution is 5.93. The topological polar surface area (TPSA) is 71.2 Å². The van der Waals surface area contributed by atoms with Gasteiger partial charge in [-0.05, 0) is 25.0 Å². The molecule has 0 spiro atoms. The zero-order valence-corrected chi connectivity index (χ0v) is 10.8. The van der Waals surface area contributed by atoms with E-state index in [9.17, 15) is 4.79 Å². The van der Waals surface area contributed by atoms with E-state index in [1.54, 1.807) is 30.3 Å². The third-order valence-electron chi connectivity index (χ3n) is 3.04. The number of rotatable bonds is 4. The van der Waals surface area contributed by atoms with Crippen molar-refractivity contribution in [2.24, 2.45) is 11.8 Å². The number of hydrogen-bond acceptors (Lipinski definition) is 4. The van der Waals surface area contributed by atoms with Crippen LogP contribution >= 0.6 is 0 Å². The second-order valence-electron chi connectivity index (χ2n) is 4.47. The number of anilines is 1. The molecule has 0 aliphatic heterocycles. The van der Waals surface area contributed by atoms with Gasteiger partial charge in [0.2, 0.25) is 0 Å². The number of amides is 1. The van der Waals surface area contributed by atoms with Crippen LogP contribution in [0.3, 0.4) is 0 Å². The molecule has 0 bridgehead atoms. The lowest BCUT2D eigenvalue weighted by Crippen LogP contribution is -2.38. The van der Waals surface area contributed by atoms with Crippen LogP contribution in [0.1, 0.15) is 31.3 Å². The molecule has 1 aromatic rings. The van der Waals surface area contributed by atoms with Crippen molar-refractivity contribution in [1.29, 1.82) is 0 Å². The van der Waals surface area contributed by atoms with Crippen molar-refractivity contribution in [3.8, 4) is 0 Å². The first-order valence-electron chi connectivity index (χ1n) is 5.67. The quantitative estimate of drug-likeness (QED) is 0.613. The highest BCUT2D eigenvalue weighted by atomic mass is 16.2. The molecule has 1 rings (SSSR count). The predicted molar refractivity (Wildman–Crippen MR) is 68.4 cm³/mol. The fourth-order valence-electron chi connectivity index (χ4n) is 1.45. The summed E-state index contributed by atoms with van der Waals surface area (Å²) in [6.45, 7) is 6.19. The average molecular weight is 236 g/mol. The molecule has 94 valence electrons. The van der Waals surface area contributed by atoms with E-state index in [2.05, 4.69) is 24.3 Å². The van der Waals surface area contributed by atoms with Gasteiger partial charge in [-0.3, -0.25) is 15.6 Å². The van der Waals surface area contributed by atoms with Gasteiger partial charge in [0.1, 0.15) is 5.69 Å². The predicted octanol–water partition coefficient (Wildman–Crippen LogP) is 1.48. The smallest absolute Gasteiger partial charge is 0.272 e. The Morgan fingerprint density at radius 2 is 2.12 bits per heavy atom. The van der Waals surface area contributed by atoms with Crippen molar-refractivity contribution in [2.75, 3.05) is 12.5 Å². The van der Waals surface area contributed by atoms with Crippen molar-refractivity contribution in [3.05, 3.63) is 24.0 Å². The summed E-state index contributed by atoms with van der Waals surface area (Å²) in [5, 5.41) is 0. The van der Waals surface area contributed by atoms with Gasteiger partial charge in [-0.2, -0.15) is 0 Å². The molecule has 1 atom stereocenters. The maximum Gasteiger partial charge on any atom is 0.272 e. The van der Waals surface area contributed by atoms with Crippen LogP contribution in [-0.4, -0.2) is 28.9 Å². The maximum atomic E-state index is 12.2. The largest absolute Gasteiger partial charge is 0.337 e. The number of hydrazine groups is 1. The Morgan fingerprint density at radius 1 is 1.47 bits per heavy atom. The normalized spacial score (nSPS) is 12.4. The Balaban J connectivity index is 2.88. The van der Waals surface area contributed by atoms with Crippen molar-refractivity contribution >= 4 is 11.6 Å². The molecule has 0 saturated heterocycles. The summed E-state index contributed by atoms with van der Waals surface area (Å²) in [6, 6.07) is 3.52. The van der Waals surface area contributed by atoms with Gasteiger partial charge in [0.05, 0.1) is 5.69 Å². The molecule has 0 aliphatic carbocycles. The van der Waals surface area contributed by atoms with Crippen molar-refractivity contribution in [1.82, 2.24) is 9.88 Å². The van der Waals surface area contributed by atoms with Crippen molar-refractivity contribution in [3.63, 3.8) is 0 Å². The summed E-state index contributed by atoms with van der Waals surface area (Å²) in [4.78, 5) is 17.9. The Labute approximate surface area is 102 Å². The molecular weight excluding hydrogens is 216 g/mol. The number of nitrogens with one attached hydrogen (secondary N) is 1. The van der Waals surface area contributed by atoms with Crippen LogP contribution < -0.4 is 11.3 Å². The number of carbonyl (C=O) groups is 1. The highest BCUT2D eigenvalue weighted by Crippen LogP contribution is 2.13. The molecule has 1 amide bonds. The van der Waals surface area contributed by atoms with Crippen LogP contribution in [0.5, 0.6) is 0 Å². The lowest BCUT2D eigenvalue weighted by molar-refractivity contribution is 0.0701. The summed E-state index contributed by atoms with van der Waals surface area (Å²) in [5.74, 6) is 5.61. The number of carbonyl (C=O) groups excluding carboxylic acids is 1. The first-order chi connectivity index (χ1) is 7.97. The van der Waals surface area contributed by atoms with E-state index in [0.29, 0.717) is 17.3 Å². The SMILES string of the molecule is CC(C)C(C)N(C)C(=O)c1cc(NN)ccn1. The fraction of sp³-hybridized carbons (Fsp3) is 0.500. The van der Waals surface area contributed by atoms with Gasteiger partial charge in [-0.1, -0.05) is 13.8 Å². The summed E-state index contributed by atoms with van der Waals surface area (Å²) < 4.78 is 0. The van der Waals surface area contributed by atoms with E-state index < -0.39 is 0 Å². The second-order valence-corrected chi connectivity index (χ2v) is 4.47. The number of pyridine rings is 1. The number of aromatic nitrogens is 1. The molecule has 0 fully saturated rings. The lowest BCUT2D eigenvalue weighted by Gasteiger charge is -2.27. The Hall–Kier alpha value is -1.62. The third kappa shape index (κ3) is 3.17. The molecule has 0 saturated carbocycles. The maximum absolute atomic E-state index is 12.2. The second kappa shape index (κ2) is 5.63. The first kappa shape index (κ1) is 13.4. The standard InChI is InChI=1S/C12H20N4O/c1-8(2)9(3)16(4)12(17)11-7-10(15-13)5-6-14-11/h5-9H,13H2,1-4H3,(H,14,15). The van der Waals surface area contributed by atoms with Crippen LogP contribution in [-0.2, 0) is 0 Å². The molecule has 5 heteroatoms. The van der Waals surface area contributed by atoms with Crippen molar-refractivity contribution in [2.45, 2.75) is 26.8 Å². The summed E-state index contributed by atoms with van der Waals surface area (Å²) in [6.07, 6.45) is 1.57. The third-order valence-corrected chi connectivity index (χ3v) is 3.04. The number of nitrogen functional groups attached to an aromatic ring is 1. The van der Waals surface area contributed by atoms with Gasteiger partial charge in [-0.15, -0.1) is 0 Å². The molecule has 3 N–H and O–H groups in total. The molecule has 1 heterocycles. The molecule has 0 aromatic carbocycles. The van der Waals surface area contributed by atoms with Gasteiger partial charge >= 0.3 is 0 Å². The molecule has 0 aliphatic rings. The minimum Gasteiger partial charge on any atom is -0.337 e. The van der Waals surface area contributed by atoms with E-state index in [4.69, 9.17) is 5.84 Å². The summed E-state index contributed by atoms with van der Waals surface area (Å²) in [7, 11) is 1.79. The van der Waals surface area contributed by atoms with E-state index >= 15 is 0 Å². The van der Waals surface area contributed by atoms with E-state index in [1.165, 1.54) is 0 Å². The number of nitrogens with two attached hydrogens (primary N) is 1. The van der Waals surface area contributed by atoms with Crippen LogP contribution in [0.25, 0.3) is 0 Å². The minimum absolute atomic E-state index is 0.0942. The zero-order chi connectivity index (χ0) is 13.0. The van der Waals surface area contributed by atoms with Crippen LogP contribution in [0.2, 0.25) is 0 Å². The van der Waals surface area contributed by atoms with Crippen LogP contribution in [0.15, 0.2) is 18.3 Å². The molecule has 0 radical (unpaired) electrons. The van der Waals surface area contributed by atoms with E-state index in [1.807, 2.05) is 6.92 Å².